The van der Waals surface area contributed by atoms with E-state index in [0.717, 1.165) is 22.6 Å². The highest BCUT2D eigenvalue weighted by Gasteiger charge is 2.14. The number of aromatic nitrogens is 2. The van der Waals surface area contributed by atoms with Crippen LogP contribution in [0, 0.1) is 32.1 Å². The standard InChI is InChI=1S/C20H18N4OS/c1-13-4-6-18(7-5-13)24-14(2)10-16(15(24)3)11-17(12-21)19(25)23-20-22-8-9-26-20/h4-11H,1-3H3,(H,22,23,25)/b17-11+. The van der Waals surface area contributed by atoms with Crippen LogP contribution in [0.15, 0.2) is 47.5 Å². The Hall–Kier alpha value is -3.17. The van der Waals surface area contributed by atoms with E-state index >= 15 is 0 Å². The highest BCUT2D eigenvalue weighted by Crippen LogP contribution is 2.23. The molecular weight excluding hydrogens is 344 g/mol. The molecule has 1 aromatic carbocycles. The second-order valence-electron chi connectivity index (χ2n) is 5.96. The van der Waals surface area contributed by atoms with Crippen molar-refractivity contribution in [2.24, 2.45) is 0 Å². The maximum absolute atomic E-state index is 12.3. The topological polar surface area (TPSA) is 70.7 Å². The van der Waals surface area contributed by atoms with Gasteiger partial charge < -0.3 is 4.57 Å². The van der Waals surface area contributed by atoms with Gasteiger partial charge in [0.25, 0.3) is 5.91 Å². The molecular formula is C20H18N4OS. The van der Waals surface area contributed by atoms with Crippen LogP contribution in [-0.4, -0.2) is 15.5 Å². The van der Waals surface area contributed by atoms with Gasteiger partial charge in [0.15, 0.2) is 5.13 Å². The number of thiazole rings is 1. The van der Waals surface area contributed by atoms with Crippen molar-refractivity contribution < 1.29 is 4.79 Å². The van der Waals surface area contributed by atoms with E-state index in [-0.39, 0.29) is 5.57 Å². The smallest absolute Gasteiger partial charge is 0.268 e. The molecule has 0 aliphatic rings. The summed E-state index contributed by atoms with van der Waals surface area (Å²) >= 11 is 1.31. The van der Waals surface area contributed by atoms with Crippen LogP contribution in [-0.2, 0) is 4.79 Å². The summed E-state index contributed by atoms with van der Waals surface area (Å²) < 4.78 is 2.11. The molecule has 0 radical (unpaired) electrons. The average molecular weight is 362 g/mol. The van der Waals surface area contributed by atoms with Crippen LogP contribution in [0.3, 0.4) is 0 Å². The zero-order valence-electron chi connectivity index (χ0n) is 14.8. The lowest BCUT2D eigenvalue weighted by Gasteiger charge is -2.10. The predicted octanol–water partition coefficient (Wildman–Crippen LogP) is 4.40. The van der Waals surface area contributed by atoms with Crippen LogP contribution in [0.1, 0.15) is 22.5 Å². The number of carbonyl (C=O) groups excluding carboxylic acids is 1. The van der Waals surface area contributed by atoms with Gasteiger partial charge in [-0.25, -0.2) is 4.98 Å². The molecule has 1 N–H and O–H groups in total. The number of anilines is 1. The van der Waals surface area contributed by atoms with Gasteiger partial charge in [-0.05, 0) is 50.6 Å². The number of carbonyl (C=O) groups is 1. The Labute approximate surface area is 156 Å². The molecule has 130 valence electrons. The van der Waals surface area contributed by atoms with E-state index in [1.807, 2.05) is 32.9 Å². The molecule has 2 heterocycles. The van der Waals surface area contributed by atoms with E-state index in [4.69, 9.17) is 0 Å². The van der Waals surface area contributed by atoms with Crippen molar-refractivity contribution in [3.05, 3.63) is 70.0 Å². The molecule has 2 aromatic heterocycles. The van der Waals surface area contributed by atoms with Crippen LogP contribution in [0.5, 0.6) is 0 Å². The normalized spacial score (nSPS) is 11.2. The molecule has 0 aliphatic carbocycles. The highest BCUT2D eigenvalue weighted by molar-refractivity contribution is 7.13. The lowest BCUT2D eigenvalue weighted by atomic mass is 10.1. The minimum atomic E-state index is -0.456. The quantitative estimate of drug-likeness (QED) is 0.552. The Morgan fingerprint density at radius 3 is 2.62 bits per heavy atom. The van der Waals surface area contributed by atoms with E-state index in [2.05, 4.69) is 39.1 Å². The molecule has 3 rings (SSSR count). The van der Waals surface area contributed by atoms with Crippen molar-refractivity contribution in [1.82, 2.24) is 9.55 Å². The molecule has 0 bridgehead atoms. The van der Waals surface area contributed by atoms with Gasteiger partial charge in [0.1, 0.15) is 11.6 Å². The highest BCUT2D eigenvalue weighted by atomic mass is 32.1. The largest absolute Gasteiger partial charge is 0.318 e. The summed E-state index contributed by atoms with van der Waals surface area (Å²) in [6, 6.07) is 12.2. The Morgan fingerprint density at radius 1 is 1.27 bits per heavy atom. The van der Waals surface area contributed by atoms with E-state index < -0.39 is 5.91 Å². The zero-order valence-corrected chi connectivity index (χ0v) is 15.6. The number of amides is 1. The van der Waals surface area contributed by atoms with Gasteiger partial charge in [0.05, 0.1) is 0 Å². The molecule has 0 saturated heterocycles. The third kappa shape index (κ3) is 3.58. The Morgan fingerprint density at radius 2 is 2.00 bits per heavy atom. The first-order chi connectivity index (χ1) is 12.5. The average Bonchev–Trinajstić information content (AvgIpc) is 3.22. The minimum absolute atomic E-state index is 0.0457. The summed E-state index contributed by atoms with van der Waals surface area (Å²) in [5.41, 5.74) is 5.15. The molecule has 6 heteroatoms. The van der Waals surface area contributed by atoms with Gasteiger partial charge in [-0.15, -0.1) is 11.3 Å². The van der Waals surface area contributed by atoms with Crippen molar-refractivity contribution in [3.63, 3.8) is 0 Å². The van der Waals surface area contributed by atoms with E-state index in [1.165, 1.54) is 16.9 Å². The second kappa shape index (κ2) is 7.38. The summed E-state index contributed by atoms with van der Waals surface area (Å²) in [5, 5.41) is 14.3. The Kier molecular flexibility index (Phi) is 5.01. The molecule has 0 unspecified atom stereocenters. The number of hydrogen-bond acceptors (Lipinski definition) is 4. The second-order valence-corrected chi connectivity index (χ2v) is 6.85. The van der Waals surface area contributed by atoms with Crippen LogP contribution >= 0.6 is 11.3 Å². The van der Waals surface area contributed by atoms with Gasteiger partial charge in [-0.3, -0.25) is 10.1 Å². The van der Waals surface area contributed by atoms with E-state index in [0.29, 0.717) is 5.13 Å². The first-order valence-electron chi connectivity index (χ1n) is 8.08. The van der Waals surface area contributed by atoms with Gasteiger partial charge >= 0.3 is 0 Å². The number of nitrogens with one attached hydrogen (secondary N) is 1. The zero-order chi connectivity index (χ0) is 18.7. The Bertz CT molecular complexity index is 1010. The van der Waals surface area contributed by atoms with Crippen molar-refractivity contribution in [2.45, 2.75) is 20.8 Å². The molecule has 3 aromatic rings. The van der Waals surface area contributed by atoms with Crippen LogP contribution in [0.2, 0.25) is 0 Å². The van der Waals surface area contributed by atoms with Gasteiger partial charge in [0, 0.05) is 28.7 Å². The number of benzene rings is 1. The maximum Gasteiger partial charge on any atom is 0.268 e. The summed E-state index contributed by atoms with van der Waals surface area (Å²) in [6.45, 7) is 6.03. The SMILES string of the molecule is Cc1ccc(-n2c(C)cc(/C=C(\C#N)C(=O)Nc3nccs3)c2C)cc1. The first-order valence-corrected chi connectivity index (χ1v) is 8.96. The summed E-state index contributed by atoms with van der Waals surface area (Å²) in [4.78, 5) is 16.3. The van der Waals surface area contributed by atoms with E-state index in [9.17, 15) is 10.1 Å². The van der Waals surface area contributed by atoms with Crippen molar-refractivity contribution in [2.75, 3.05) is 5.32 Å². The molecule has 0 spiro atoms. The number of hydrogen-bond donors (Lipinski definition) is 1. The van der Waals surface area contributed by atoms with Gasteiger partial charge in [0.2, 0.25) is 0 Å². The first kappa shape index (κ1) is 17.6. The minimum Gasteiger partial charge on any atom is -0.318 e. The fraction of sp³-hybridized carbons (Fsp3) is 0.150. The molecule has 0 fully saturated rings. The monoisotopic (exact) mass is 362 g/mol. The summed E-state index contributed by atoms with van der Waals surface area (Å²) in [7, 11) is 0. The number of rotatable bonds is 4. The summed E-state index contributed by atoms with van der Waals surface area (Å²) in [5.74, 6) is -0.456. The summed E-state index contributed by atoms with van der Waals surface area (Å²) in [6.07, 6.45) is 3.22. The van der Waals surface area contributed by atoms with Crippen molar-refractivity contribution in [1.29, 1.82) is 5.26 Å². The third-order valence-electron chi connectivity index (χ3n) is 4.08. The van der Waals surface area contributed by atoms with Crippen molar-refractivity contribution >= 4 is 28.5 Å². The van der Waals surface area contributed by atoms with Gasteiger partial charge in [-0.2, -0.15) is 5.26 Å². The molecule has 5 nitrogen and oxygen atoms in total. The predicted molar refractivity (Wildman–Crippen MR) is 104 cm³/mol. The molecule has 1 amide bonds. The molecule has 0 atom stereocenters. The number of nitrogens with zero attached hydrogens (tertiary/aromatic N) is 3. The fourth-order valence-electron chi connectivity index (χ4n) is 2.78. The Balaban J connectivity index is 1.94. The maximum atomic E-state index is 12.3. The molecule has 26 heavy (non-hydrogen) atoms. The third-order valence-corrected chi connectivity index (χ3v) is 4.77. The molecule has 0 aliphatic heterocycles. The van der Waals surface area contributed by atoms with Crippen molar-refractivity contribution in [3.8, 4) is 11.8 Å². The number of nitriles is 1. The lowest BCUT2D eigenvalue weighted by Crippen LogP contribution is -2.13. The lowest BCUT2D eigenvalue weighted by molar-refractivity contribution is -0.112. The number of aryl methyl sites for hydroxylation is 2. The van der Waals surface area contributed by atoms with Gasteiger partial charge in [-0.1, -0.05) is 17.7 Å². The van der Waals surface area contributed by atoms with Crippen LogP contribution < -0.4 is 5.32 Å². The van der Waals surface area contributed by atoms with Crippen LogP contribution in [0.25, 0.3) is 11.8 Å². The van der Waals surface area contributed by atoms with E-state index in [1.54, 1.807) is 17.7 Å². The van der Waals surface area contributed by atoms with Crippen LogP contribution in [0.4, 0.5) is 5.13 Å². The molecule has 0 saturated carbocycles. The fourth-order valence-corrected chi connectivity index (χ4v) is 3.30.